The number of nitrogens with zero attached hydrogens (tertiary/aromatic N) is 2. The van der Waals surface area contributed by atoms with Gasteiger partial charge in [-0.2, -0.15) is 0 Å². The number of hydrogen-bond acceptors (Lipinski definition) is 3. The highest BCUT2D eigenvalue weighted by molar-refractivity contribution is 6.30. The molecule has 0 spiro atoms. The van der Waals surface area contributed by atoms with Gasteiger partial charge in [0.25, 0.3) is 0 Å². The smallest absolute Gasteiger partial charge is 0.146 e. The number of halogens is 2. The maximum absolute atomic E-state index is 14.2. The zero-order valence-corrected chi connectivity index (χ0v) is 12.9. The van der Waals surface area contributed by atoms with Crippen LogP contribution in [0.4, 0.5) is 4.39 Å². The number of nitrogens with two attached hydrogens (primary N) is 1. The molecule has 0 aliphatic carbocycles. The van der Waals surface area contributed by atoms with Gasteiger partial charge in [0, 0.05) is 30.7 Å². The fourth-order valence-electron chi connectivity index (χ4n) is 2.99. The van der Waals surface area contributed by atoms with Crippen LogP contribution in [-0.2, 0) is 0 Å². The number of rotatable bonds is 5. The summed E-state index contributed by atoms with van der Waals surface area (Å²) in [4.78, 5) is 4.50. The zero-order valence-electron chi connectivity index (χ0n) is 12.1. The predicted octanol–water partition coefficient (Wildman–Crippen LogP) is 2.50. The third-order valence-corrected chi connectivity index (χ3v) is 4.56. The van der Waals surface area contributed by atoms with Gasteiger partial charge in [-0.25, -0.2) is 4.39 Å². The maximum atomic E-state index is 14.2. The molecule has 1 aromatic carbocycles. The van der Waals surface area contributed by atoms with Crippen LogP contribution in [0.15, 0.2) is 18.2 Å². The van der Waals surface area contributed by atoms with Crippen molar-refractivity contribution in [3.63, 3.8) is 0 Å². The van der Waals surface area contributed by atoms with Crippen molar-refractivity contribution in [2.45, 2.75) is 24.9 Å². The van der Waals surface area contributed by atoms with Crippen LogP contribution in [0.25, 0.3) is 0 Å². The molecule has 2 unspecified atom stereocenters. The molecular formula is C15H23ClFN3. The van der Waals surface area contributed by atoms with Gasteiger partial charge in [0.1, 0.15) is 5.82 Å². The minimum atomic E-state index is -0.351. The summed E-state index contributed by atoms with van der Waals surface area (Å²) in [5, 5.41) is 0.160. The summed E-state index contributed by atoms with van der Waals surface area (Å²) in [6.07, 6.45) is 2.42. The van der Waals surface area contributed by atoms with E-state index >= 15 is 0 Å². The fraction of sp³-hybridized carbons (Fsp3) is 0.600. The quantitative estimate of drug-likeness (QED) is 0.907. The highest BCUT2D eigenvalue weighted by atomic mass is 35.5. The second kappa shape index (κ2) is 6.85. The van der Waals surface area contributed by atoms with Crippen LogP contribution in [0.5, 0.6) is 0 Å². The lowest BCUT2D eigenvalue weighted by molar-refractivity contribution is 0.177. The molecule has 3 nitrogen and oxygen atoms in total. The van der Waals surface area contributed by atoms with Gasteiger partial charge in [-0.05, 0) is 39.5 Å². The second-order valence-corrected chi connectivity index (χ2v) is 6.02. The Balaban J connectivity index is 2.12. The van der Waals surface area contributed by atoms with E-state index in [1.807, 2.05) is 7.05 Å². The van der Waals surface area contributed by atoms with Crippen LogP contribution in [-0.4, -0.2) is 49.6 Å². The summed E-state index contributed by atoms with van der Waals surface area (Å²) in [5.41, 5.74) is 6.45. The number of benzene rings is 1. The molecule has 20 heavy (non-hydrogen) atoms. The van der Waals surface area contributed by atoms with Crippen molar-refractivity contribution in [3.8, 4) is 0 Å². The normalized spacial score (nSPS) is 21.6. The van der Waals surface area contributed by atoms with Crippen molar-refractivity contribution in [2.75, 3.05) is 33.7 Å². The number of hydrogen-bond donors (Lipinski definition) is 1. The van der Waals surface area contributed by atoms with E-state index in [1.165, 1.54) is 12.8 Å². The van der Waals surface area contributed by atoms with Crippen LogP contribution in [0.3, 0.4) is 0 Å². The van der Waals surface area contributed by atoms with Gasteiger partial charge in [0.05, 0.1) is 5.02 Å². The summed E-state index contributed by atoms with van der Waals surface area (Å²) < 4.78 is 14.2. The van der Waals surface area contributed by atoms with E-state index in [0.29, 0.717) is 18.2 Å². The topological polar surface area (TPSA) is 32.5 Å². The molecule has 1 heterocycles. The van der Waals surface area contributed by atoms with E-state index in [4.69, 9.17) is 17.3 Å². The predicted molar refractivity (Wildman–Crippen MR) is 81.5 cm³/mol. The van der Waals surface area contributed by atoms with E-state index < -0.39 is 0 Å². The first-order chi connectivity index (χ1) is 9.54. The Morgan fingerprint density at radius 1 is 1.55 bits per heavy atom. The molecule has 2 atom stereocenters. The van der Waals surface area contributed by atoms with Gasteiger partial charge in [-0.1, -0.05) is 23.7 Å². The average molecular weight is 300 g/mol. The fourth-order valence-corrected chi connectivity index (χ4v) is 3.17. The molecule has 5 heteroatoms. The van der Waals surface area contributed by atoms with Crippen molar-refractivity contribution >= 4 is 11.6 Å². The van der Waals surface area contributed by atoms with Gasteiger partial charge in [0.2, 0.25) is 0 Å². The largest absolute Gasteiger partial charge is 0.329 e. The lowest BCUT2D eigenvalue weighted by atomic mass is 10.0. The minimum Gasteiger partial charge on any atom is -0.329 e. The number of likely N-dealkylation sites (N-methyl/N-ethyl adjacent to an activating group) is 2. The summed E-state index contributed by atoms with van der Waals surface area (Å²) in [5.74, 6) is -0.351. The highest BCUT2D eigenvalue weighted by Gasteiger charge is 2.26. The molecule has 0 saturated carbocycles. The molecule has 1 aliphatic rings. The van der Waals surface area contributed by atoms with Gasteiger partial charge in [-0.15, -0.1) is 0 Å². The standard InChI is InChI=1S/C15H23ClFN3/c1-19-8-4-5-11(19)10-20(2)14(9-18)12-6-3-7-13(16)15(12)17/h3,6-7,11,14H,4-5,8-10,18H2,1-2H3. The van der Waals surface area contributed by atoms with Crippen LogP contribution in [0.2, 0.25) is 5.02 Å². The Morgan fingerprint density at radius 2 is 2.30 bits per heavy atom. The van der Waals surface area contributed by atoms with Gasteiger partial charge >= 0.3 is 0 Å². The van der Waals surface area contributed by atoms with E-state index in [2.05, 4.69) is 16.8 Å². The van der Waals surface area contributed by atoms with Crippen molar-refractivity contribution in [1.82, 2.24) is 9.80 Å². The lowest BCUT2D eigenvalue weighted by Crippen LogP contribution is -2.40. The van der Waals surface area contributed by atoms with Gasteiger partial charge in [0.15, 0.2) is 0 Å². The van der Waals surface area contributed by atoms with Crippen molar-refractivity contribution in [3.05, 3.63) is 34.6 Å². The number of likely N-dealkylation sites (tertiary alicyclic amines) is 1. The van der Waals surface area contributed by atoms with Crippen molar-refractivity contribution in [1.29, 1.82) is 0 Å². The van der Waals surface area contributed by atoms with Crippen molar-refractivity contribution in [2.24, 2.45) is 5.73 Å². The monoisotopic (exact) mass is 299 g/mol. The van der Waals surface area contributed by atoms with Gasteiger partial charge < -0.3 is 10.6 Å². The van der Waals surface area contributed by atoms with Crippen molar-refractivity contribution < 1.29 is 4.39 Å². The Hall–Kier alpha value is -0.680. The highest BCUT2D eigenvalue weighted by Crippen LogP contribution is 2.27. The first-order valence-electron chi connectivity index (χ1n) is 7.09. The molecule has 2 rings (SSSR count). The van der Waals surface area contributed by atoms with Crippen LogP contribution >= 0.6 is 11.6 Å². The summed E-state index contributed by atoms with van der Waals surface area (Å²) in [6, 6.07) is 5.50. The lowest BCUT2D eigenvalue weighted by Gasteiger charge is -2.32. The SMILES string of the molecule is CN1CCCC1CN(C)C(CN)c1cccc(Cl)c1F. The maximum Gasteiger partial charge on any atom is 0.146 e. The minimum absolute atomic E-state index is 0.136. The Bertz CT molecular complexity index is 455. The third-order valence-electron chi connectivity index (χ3n) is 4.27. The molecule has 0 amide bonds. The Labute approximate surface area is 125 Å². The third kappa shape index (κ3) is 3.31. The average Bonchev–Trinajstić information content (AvgIpc) is 2.81. The molecule has 0 bridgehead atoms. The van der Waals surface area contributed by atoms with Gasteiger partial charge in [-0.3, -0.25) is 4.90 Å². The van der Waals surface area contributed by atoms with E-state index in [1.54, 1.807) is 18.2 Å². The molecule has 1 fully saturated rings. The molecule has 1 aliphatic heterocycles. The summed E-state index contributed by atoms with van der Waals surface area (Å²) in [6.45, 7) is 2.41. The van der Waals surface area contributed by atoms with E-state index in [0.717, 1.165) is 13.1 Å². The first kappa shape index (κ1) is 15.7. The molecule has 0 radical (unpaired) electrons. The van der Waals surface area contributed by atoms with Crippen LogP contribution < -0.4 is 5.73 Å². The Kier molecular flexibility index (Phi) is 5.38. The van der Waals surface area contributed by atoms with Crippen LogP contribution in [0, 0.1) is 5.82 Å². The Morgan fingerprint density at radius 3 is 2.90 bits per heavy atom. The van der Waals surface area contributed by atoms with E-state index in [-0.39, 0.29) is 16.9 Å². The second-order valence-electron chi connectivity index (χ2n) is 5.61. The molecule has 1 aromatic rings. The molecular weight excluding hydrogens is 277 g/mol. The first-order valence-corrected chi connectivity index (χ1v) is 7.46. The molecule has 0 aromatic heterocycles. The molecule has 1 saturated heterocycles. The van der Waals surface area contributed by atoms with E-state index in [9.17, 15) is 4.39 Å². The zero-order chi connectivity index (χ0) is 14.7. The summed E-state index contributed by atoms with van der Waals surface area (Å²) in [7, 11) is 4.15. The summed E-state index contributed by atoms with van der Waals surface area (Å²) >= 11 is 5.87. The van der Waals surface area contributed by atoms with Crippen LogP contribution in [0.1, 0.15) is 24.4 Å². The molecule has 112 valence electrons. The molecule has 2 N–H and O–H groups in total.